The van der Waals surface area contributed by atoms with E-state index in [-0.39, 0.29) is 11.8 Å². The summed E-state index contributed by atoms with van der Waals surface area (Å²) in [7, 11) is 0. The lowest BCUT2D eigenvalue weighted by Crippen LogP contribution is -2.49. The molecule has 0 radical (unpaired) electrons. The summed E-state index contributed by atoms with van der Waals surface area (Å²) in [5, 5.41) is 2.91. The molecule has 2 aromatic carbocycles. The topological polar surface area (TPSA) is 49.4 Å². The van der Waals surface area contributed by atoms with Gasteiger partial charge in [0.15, 0.2) is 0 Å². The summed E-state index contributed by atoms with van der Waals surface area (Å²) >= 11 is 0. The van der Waals surface area contributed by atoms with Crippen LogP contribution in [0, 0.1) is 5.41 Å². The molecule has 0 aliphatic carbocycles. The van der Waals surface area contributed by atoms with Gasteiger partial charge in [-0.2, -0.15) is 0 Å². The van der Waals surface area contributed by atoms with E-state index in [4.69, 9.17) is 0 Å². The molecule has 0 aliphatic rings. The highest BCUT2D eigenvalue weighted by atomic mass is 16.2. The summed E-state index contributed by atoms with van der Waals surface area (Å²) in [6, 6.07) is 19.8. The first-order valence-electron chi connectivity index (χ1n) is 9.10. The van der Waals surface area contributed by atoms with Crippen LogP contribution in [0.4, 0.5) is 0 Å². The van der Waals surface area contributed by atoms with Gasteiger partial charge in [-0.1, -0.05) is 60.7 Å². The number of carbonyl (C=O) groups excluding carboxylic acids is 2. The molecule has 0 atom stereocenters. The smallest absolute Gasteiger partial charge is 0.237 e. The fourth-order valence-electron chi connectivity index (χ4n) is 2.81. The summed E-state index contributed by atoms with van der Waals surface area (Å²) in [6.07, 6.45) is 0.748. The Labute approximate surface area is 156 Å². The molecular formula is C22H28N2O2. The van der Waals surface area contributed by atoms with Crippen molar-refractivity contribution in [2.45, 2.75) is 33.7 Å². The first-order valence-corrected chi connectivity index (χ1v) is 9.10. The van der Waals surface area contributed by atoms with Gasteiger partial charge in [0.05, 0.1) is 0 Å². The average molecular weight is 352 g/mol. The van der Waals surface area contributed by atoms with Crippen LogP contribution in [-0.2, 0) is 22.6 Å². The first-order chi connectivity index (χ1) is 12.4. The van der Waals surface area contributed by atoms with E-state index >= 15 is 0 Å². The minimum Gasteiger partial charge on any atom is -0.355 e. The van der Waals surface area contributed by atoms with Gasteiger partial charge in [-0.25, -0.2) is 0 Å². The molecule has 2 amide bonds. The molecule has 0 saturated heterocycles. The van der Waals surface area contributed by atoms with Crippen molar-refractivity contribution in [2.75, 3.05) is 13.1 Å². The van der Waals surface area contributed by atoms with Crippen molar-refractivity contribution in [3.63, 3.8) is 0 Å². The maximum atomic E-state index is 12.9. The Morgan fingerprint density at radius 3 is 2.00 bits per heavy atom. The van der Waals surface area contributed by atoms with Crippen molar-refractivity contribution in [3.05, 3.63) is 71.8 Å². The zero-order chi connectivity index (χ0) is 19.0. The molecule has 0 aliphatic heterocycles. The van der Waals surface area contributed by atoms with Crippen molar-refractivity contribution in [1.82, 2.24) is 10.2 Å². The average Bonchev–Trinajstić information content (AvgIpc) is 2.67. The minimum atomic E-state index is -1.10. The van der Waals surface area contributed by atoms with Gasteiger partial charge < -0.3 is 10.2 Å². The van der Waals surface area contributed by atoms with Gasteiger partial charge >= 0.3 is 0 Å². The Hall–Kier alpha value is -2.62. The summed E-state index contributed by atoms with van der Waals surface area (Å²) in [5.74, 6) is -0.383. The third-order valence-corrected chi connectivity index (χ3v) is 4.53. The maximum absolute atomic E-state index is 12.9. The molecule has 0 aromatic heterocycles. The van der Waals surface area contributed by atoms with E-state index in [1.54, 1.807) is 18.7 Å². The molecule has 0 spiro atoms. The van der Waals surface area contributed by atoms with Crippen LogP contribution >= 0.6 is 0 Å². The number of nitrogens with one attached hydrogen (secondary N) is 1. The number of rotatable bonds is 8. The summed E-state index contributed by atoms with van der Waals surface area (Å²) in [5.41, 5.74) is 1.13. The van der Waals surface area contributed by atoms with Crippen LogP contribution in [0.15, 0.2) is 60.7 Å². The molecule has 2 rings (SSSR count). The van der Waals surface area contributed by atoms with Crippen molar-refractivity contribution in [3.8, 4) is 0 Å². The zero-order valence-corrected chi connectivity index (χ0v) is 15.9. The lowest BCUT2D eigenvalue weighted by Gasteiger charge is -2.30. The van der Waals surface area contributed by atoms with Gasteiger partial charge in [0.2, 0.25) is 11.8 Å². The number of carbonyl (C=O) groups is 2. The van der Waals surface area contributed by atoms with E-state index < -0.39 is 5.41 Å². The quantitative estimate of drug-likeness (QED) is 0.740. The molecule has 26 heavy (non-hydrogen) atoms. The van der Waals surface area contributed by atoms with E-state index in [1.165, 1.54) is 0 Å². The van der Waals surface area contributed by atoms with Gasteiger partial charge in [-0.05, 0) is 38.3 Å². The maximum Gasteiger partial charge on any atom is 0.237 e. The molecule has 0 fully saturated rings. The summed E-state index contributed by atoms with van der Waals surface area (Å²) < 4.78 is 0. The summed E-state index contributed by atoms with van der Waals surface area (Å²) in [4.78, 5) is 27.3. The largest absolute Gasteiger partial charge is 0.355 e. The molecule has 0 unspecified atom stereocenters. The minimum absolute atomic E-state index is 0.152. The molecule has 0 heterocycles. The van der Waals surface area contributed by atoms with Crippen LogP contribution in [-0.4, -0.2) is 29.8 Å². The second-order valence-electron chi connectivity index (χ2n) is 6.92. The van der Waals surface area contributed by atoms with Crippen molar-refractivity contribution < 1.29 is 9.59 Å². The van der Waals surface area contributed by atoms with E-state index in [9.17, 15) is 9.59 Å². The predicted molar refractivity (Wildman–Crippen MR) is 104 cm³/mol. The van der Waals surface area contributed by atoms with Crippen LogP contribution < -0.4 is 5.32 Å². The Morgan fingerprint density at radius 2 is 1.46 bits per heavy atom. The number of nitrogens with zero attached hydrogens (tertiary/aromatic N) is 1. The van der Waals surface area contributed by atoms with Crippen molar-refractivity contribution >= 4 is 11.8 Å². The molecule has 0 saturated carbocycles. The van der Waals surface area contributed by atoms with E-state index in [2.05, 4.69) is 5.32 Å². The van der Waals surface area contributed by atoms with E-state index in [0.717, 1.165) is 17.5 Å². The van der Waals surface area contributed by atoms with Crippen LogP contribution in [0.5, 0.6) is 0 Å². The molecule has 138 valence electrons. The van der Waals surface area contributed by atoms with Crippen molar-refractivity contribution in [1.29, 1.82) is 0 Å². The number of benzene rings is 2. The molecular weight excluding hydrogens is 324 g/mol. The Morgan fingerprint density at radius 1 is 0.923 bits per heavy atom. The van der Waals surface area contributed by atoms with Gasteiger partial charge in [0, 0.05) is 19.6 Å². The Kier molecular flexibility index (Phi) is 6.96. The standard InChI is InChI=1S/C22H28N2O2/c1-4-24(17-19-13-9-6-10-14-19)21(26)22(2,3)20(25)23-16-15-18-11-7-5-8-12-18/h5-14H,4,15-17H2,1-3H3,(H,23,25). The van der Waals surface area contributed by atoms with Gasteiger partial charge in [0.1, 0.15) is 5.41 Å². The van der Waals surface area contributed by atoms with E-state index in [0.29, 0.717) is 19.6 Å². The zero-order valence-electron chi connectivity index (χ0n) is 15.9. The SMILES string of the molecule is CCN(Cc1ccccc1)C(=O)C(C)(C)C(=O)NCCc1ccccc1. The highest BCUT2D eigenvalue weighted by Gasteiger charge is 2.38. The van der Waals surface area contributed by atoms with Gasteiger partial charge in [-0.15, -0.1) is 0 Å². The summed E-state index contributed by atoms with van der Waals surface area (Å²) in [6.45, 7) is 6.92. The third kappa shape index (κ3) is 5.19. The highest BCUT2D eigenvalue weighted by molar-refractivity contribution is 6.04. The molecule has 0 bridgehead atoms. The second-order valence-corrected chi connectivity index (χ2v) is 6.92. The third-order valence-electron chi connectivity index (χ3n) is 4.53. The second kappa shape index (κ2) is 9.18. The highest BCUT2D eigenvalue weighted by Crippen LogP contribution is 2.21. The number of hydrogen-bond acceptors (Lipinski definition) is 2. The Bertz CT molecular complexity index is 711. The van der Waals surface area contributed by atoms with E-state index in [1.807, 2.05) is 67.6 Å². The fourth-order valence-corrected chi connectivity index (χ4v) is 2.81. The van der Waals surface area contributed by atoms with Gasteiger partial charge in [0.25, 0.3) is 0 Å². The monoisotopic (exact) mass is 352 g/mol. The lowest BCUT2D eigenvalue weighted by molar-refractivity contribution is -0.148. The van der Waals surface area contributed by atoms with Crippen LogP contribution in [0.25, 0.3) is 0 Å². The van der Waals surface area contributed by atoms with Crippen molar-refractivity contribution in [2.24, 2.45) is 5.41 Å². The number of amides is 2. The van der Waals surface area contributed by atoms with Crippen LogP contribution in [0.1, 0.15) is 31.9 Å². The molecule has 2 aromatic rings. The van der Waals surface area contributed by atoms with Gasteiger partial charge in [-0.3, -0.25) is 9.59 Å². The lowest BCUT2D eigenvalue weighted by atomic mass is 9.90. The predicted octanol–water partition coefficient (Wildman–Crippen LogP) is 3.42. The Balaban J connectivity index is 1.94. The normalized spacial score (nSPS) is 11.0. The number of hydrogen-bond donors (Lipinski definition) is 1. The van der Waals surface area contributed by atoms with Crippen LogP contribution in [0.3, 0.4) is 0 Å². The molecule has 4 nitrogen and oxygen atoms in total. The first kappa shape index (κ1) is 19.7. The fraction of sp³-hybridized carbons (Fsp3) is 0.364. The van der Waals surface area contributed by atoms with Crippen LogP contribution in [0.2, 0.25) is 0 Å². The molecule has 4 heteroatoms. The molecule has 1 N–H and O–H groups in total.